The van der Waals surface area contributed by atoms with Crippen molar-refractivity contribution >= 4 is 23.6 Å². The Morgan fingerprint density at radius 3 is 2.63 bits per heavy atom. The molecule has 2 aliphatic rings. The second-order valence-electron chi connectivity index (χ2n) is 7.47. The Hall–Kier alpha value is -3.30. The summed E-state index contributed by atoms with van der Waals surface area (Å²) in [4.78, 5) is 47.9. The zero-order valence-electron chi connectivity index (χ0n) is 17.3. The molecule has 2 aromatic heterocycles. The molecular formula is C20H26N8O2. The van der Waals surface area contributed by atoms with E-state index in [2.05, 4.69) is 27.2 Å². The maximum atomic E-state index is 12.9. The molecule has 30 heavy (non-hydrogen) atoms. The molecule has 2 aliphatic heterocycles. The molecule has 2 amide bonds. The summed E-state index contributed by atoms with van der Waals surface area (Å²) < 4.78 is 0. The average molecular weight is 410 g/mol. The molecule has 10 nitrogen and oxygen atoms in total. The minimum absolute atomic E-state index is 0.0552. The quantitative estimate of drug-likeness (QED) is 0.749. The molecule has 0 saturated carbocycles. The fourth-order valence-corrected chi connectivity index (χ4v) is 3.77. The van der Waals surface area contributed by atoms with Crippen molar-refractivity contribution in [2.24, 2.45) is 0 Å². The zero-order valence-corrected chi connectivity index (χ0v) is 17.3. The van der Waals surface area contributed by atoms with E-state index >= 15 is 0 Å². The van der Waals surface area contributed by atoms with Crippen LogP contribution in [0, 0.1) is 0 Å². The van der Waals surface area contributed by atoms with Crippen molar-refractivity contribution in [1.82, 2.24) is 29.7 Å². The number of anilines is 2. The van der Waals surface area contributed by atoms with Gasteiger partial charge in [-0.05, 0) is 6.42 Å². The molecule has 0 aliphatic carbocycles. The Bertz CT molecular complexity index is 928. The maximum absolute atomic E-state index is 12.9. The van der Waals surface area contributed by atoms with Gasteiger partial charge in [-0.3, -0.25) is 19.6 Å². The van der Waals surface area contributed by atoms with Crippen LogP contribution in [0.1, 0.15) is 42.0 Å². The molecule has 1 fully saturated rings. The Balaban J connectivity index is 1.60. The van der Waals surface area contributed by atoms with E-state index in [0.717, 1.165) is 17.7 Å². The molecule has 158 valence electrons. The lowest BCUT2D eigenvalue weighted by Crippen LogP contribution is -2.48. The summed E-state index contributed by atoms with van der Waals surface area (Å²) in [5.41, 5.74) is 2.07. The number of hydrogen-bond donors (Lipinski definition) is 1. The molecule has 10 heteroatoms. The standard InChI is InChI=1S/C20H26N8O2/c1-3-6-28-13-16-17(19(28)30)24-20(27-9-7-26(8-10-27)14(2)29)25-18(16)23-12-15-11-21-4-5-22-15/h4-5,11H,3,6-10,12-13H2,1-2H3,(H,23,24,25). The third-order valence-electron chi connectivity index (χ3n) is 5.39. The number of nitrogens with zero attached hydrogens (tertiary/aromatic N) is 7. The van der Waals surface area contributed by atoms with Gasteiger partial charge < -0.3 is 20.0 Å². The number of rotatable bonds is 6. The van der Waals surface area contributed by atoms with E-state index in [1.54, 1.807) is 25.5 Å². The van der Waals surface area contributed by atoms with Gasteiger partial charge in [0.25, 0.3) is 5.91 Å². The Labute approximate surface area is 175 Å². The van der Waals surface area contributed by atoms with Crippen LogP contribution in [0.5, 0.6) is 0 Å². The average Bonchev–Trinajstić information content (AvgIpc) is 3.09. The highest BCUT2D eigenvalue weighted by molar-refractivity contribution is 5.98. The molecule has 0 radical (unpaired) electrons. The van der Waals surface area contributed by atoms with Crippen molar-refractivity contribution in [1.29, 1.82) is 0 Å². The Morgan fingerprint density at radius 1 is 1.17 bits per heavy atom. The number of hydrogen-bond acceptors (Lipinski definition) is 8. The second kappa shape index (κ2) is 8.60. The van der Waals surface area contributed by atoms with Crippen LogP contribution in [0.3, 0.4) is 0 Å². The predicted molar refractivity (Wildman–Crippen MR) is 111 cm³/mol. The number of amides is 2. The Morgan fingerprint density at radius 2 is 1.97 bits per heavy atom. The summed E-state index contributed by atoms with van der Waals surface area (Å²) in [7, 11) is 0. The summed E-state index contributed by atoms with van der Waals surface area (Å²) in [5.74, 6) is 1.19. The summed E-state index contributed by atoms with van der Waals surface area (Å²) in [6, 6.07) is 0. The first-order chi connectivity index (χ1) is 14.6. The van der Waals surface area contributed by atoms with E-state index < -0.39 is 0 Å². The minimum atomic E-state index is -0.0552. The van der Waals surface area contributed by atoms with E-state index in [-0.39, 0.29) is 11.8 Å². The molecule has 1 N–H and O–H groups in total. The van der Waals surface area contributed by atoms with Gasteiger partial charge in [0.05, 0.1) is 25.0 Å². The molecule has 4 rings (SSSR count). The lowest BCUT2D eigenvalue weighted by atomic mass is 10.2. The molecule has 0 aromatic carbocycles. The zero-order chi connectivity index (χ0) is 21.1. The molecular weight excluding hydrogens is 384 g/mol. The lowest BCUT2D eigenvalue weighted by molar-refractivity contribution is -0.129. The van der Waals surface area contributed by atoms with Gasteiger partial charge in [-0.25, -0.2) is 4.98 Å². The smallest absolute Gasteiger partial charge is 0.273 e. The highest BCUT2D eigenvalue weighted by Crippen LogP contribution is 2.29. The number of fused-ring (bicyclic) bond motifs is 1. The van der Waals surface area contributed by atoms with Gasteiger partial charge in [0.1, 0.15) is 11.5 Å². The number of aromatic nitrogens is 4. The molecule has 1 saturated heterocycles. The third kappa shape index (κ3) is 4.03. The largest absolute Gasteiger partial charge is 0.364 e. The van der Waals surface area contributed by atoms with Gasteiger partial charge in [0, 0.05) is 57.6 Å². The van der Waals surface area contributed by atoms with Crippen LogP contribution < -0.4 is 10.2 Å². The SMILES string of the molecule is CCCN1Cc2c(NCc3cnccn3)nc(N3CCN(C(C)=O)CC3)nc2C1=O. The number of nitrogens with one attached hydrogen (secondary N) is 1. The monoisotopic (exact) mass is 410 g/mol. The summed E-state index contributed by atoms with van der Waals surface area (Å²) >= 11 is 0. The molecule has 4 heterocycles. The minimum Gasteiger partial charge on any atom is -0.364 e. The lowest BCUT2D eigenvalue weighted by Gasteiger charge is -2.34. The van der Waals surface area contributed by atoms with E-state index in [0.29, 0.717) is 63.3 Å². The van der Waals surface area contributed by atoms with Gasteiger partial charge in [-0.1, -0.05) is 6.92 Å². The summed E-state index contributed by atoms with van der Waals surface area (Å²) in [5, 5.41) is 3.33. The van der Waals surface area contributed by atoms with Crippen molar-refractivity contribution in [2.45, 2.75) is 33.4 Å². The number of carbonyl (C=O) groups excluding carboxylic acids is 2. The second-order valence-corrected chi connectivity index (χ2v) is 7.47. The molecule has 0 bridgehead atoms. The van der Waals surface area contributed by atoms with Crippen molar-refractivity contribution < 1.29 is 9.59 Å². The van der Waals surface area contributed by atoms with Crippen molar-refractivity contribution in [3.8, 4) is 0 Å². The topological polar surface area (TPSA) is 107 Å². The van der Waals surface area contributed by atoms with Crippen LogP contribution in [-0.2, 0) is 17.9 Å². The first-order valence-corrected chi connectivity index (χ1v) is 10.3. The van der Waals surface area contributed by atoms with Crippen LogP contribution in [0.4, 0.5) is 11.8 Å². The van der Waals surface area contributed by atoms with Gasteiger partial charge in [-0.2, -0.15) is 4.98 Å². The normalized spacial score (nSPS) is 16.1. The first-order valence-electron chi connectivity index (χ1n) is 10.3. The van der Waals surface area contributed by atoms with E-state index in [1.165, 1.54) is 0 Å². The molecule has 0 unspecified atom stereocenters. The van der Waals surface area contributed by atoms with E-state index in [9.17, 15) is 9.59 Å². The maximum Gasteiger partial charge on any atom is 0.273 e. The van der Waals surface area contributed by atoms with Crippen molar-refractivity contribution in [3.63, 3.8) is 0 Å². The summed E-state index contributed by atoms with van der Waals surface area (Å²) in [6.45, 7) is 7.78. The highest BCUT2D eigenvalue weighted by atomic mass is 16.2. The van der Waals surface area contributed by atoms with Gasteiger partial charge >= 0.3 is 0 Å². The van der Waals surface area contributed by atoms with Crippen LogP contribution >= 0.6 is 0 Å². The van der Waals surface area contributed by atoms with Crippen molar-refractivity contribution in [3.05, 3.63) is 35.5 Å². The molecule has 2 aromatic rings. The van der Waals surface area contributed by atoms with Crippen molar-refractivity contribution in [2.75, 3.05) is 42.9 Å². The van der Waals surface area contributed by atoms with E-state index in [4.69, 9.17) is 4.98 Å². The van der Waals surface area contributed by atoms with Gasteiger partial charge in [0.15, 0.2) is 0 Å². The van der Waals surface area contributed by atoms with Crippen LogP contribution in [0.25, 0.3) is 0 Å². The van der Waals surface area contributed by atoms with Crippen LogP contribution in [0.15, 0.2) is 18.6 Å². The fourth-order valence-electron chi connectivity index (χ4n) is 3.77. The first kappa shape index (κ1) is 20.0. The fraction of sp³-hybridized carbons (Fsp3) is 0.500. The molecule has 0 spiro atoms. The van der Waals surface area contributed by atoms with Crippen LogP contribution in [0.2, 0.25) is 0 Å². The van der Waals surface area contributed by atoms with Crippen LogP contribution in [-0.4, -0.2) is 74.3 Å². The third-order valence-corrected chi connectivity index (χ3v) is 5.39. The number of piperazine rings is 1. The Kier molecular flexibility index (Phi) is 5.73. The molecule has 0 atom stereocenters. The van der Waals surface area contributed by atoms with Gasteiger partial charge in [0.2, 0.25) is 11.9 Å². The summed E-state index contributed by atoms with van der Waals surface area (Å²) in [6.07, 6.45) is 5.86. The van der Waals surface area contributed by atoms with Gasteiger partial charge in [-0.15, -0.1) is 0 Å². The number of carbonyl (C=O) groups is 2. The van der Waals surface area contributed by atoms with E-state index in [1.807, 2.05) is 14.7 Å². The highest BCUT2D eigenvalue weighted by Gasteiger charge is 2.33. The predicted octanol–water partition coefficient (Wildman–Crippen LogP) is 0.913.